The zero-order valence-electron chi connectivity index (χ0n) is 9.57. The molecule has 0 unspecified atom stereocenters. The van der Waals surface area contributed by atoms with Crippen molar-refractivity contribution in [3.05, 3.63) is 29.8 Å². The van der Waals surface area contributed by atoms with Gasteiger partial charge in [0.15, 0.2) is 0 Å². The summed E-state index contributed by atoms with van der Waals surface area (Å²) in [6.07, 6.45) is 2.75. The van der Waals surface area contributed by atoms with Gasteiger partial charge in [-0.15, -0.1) is 0 Å². The van der Waals surface area contributed by atoms with E-state index in [0.717, 1.165) is 11.3 Å². The molecule has 0 saturated heterocycles. The Balaban J connectivity index is 1.80. The van der Waals surface area contributed by atoms with E-state index in [9.17, 15) is 4.79 Å². The summed E-state index contributed by atoms with van der Waals surface area (Å²) >= 11 is 0. The van der Waals surface area contributed by atoms with Crippen molar-refractivity contribution >= 4 is 11.6 Å². The highest BCUT2D eigenvalue weighted by molar-refractivity contribution is 5.92. The Labute approximate surface area is 101 Å². The van der Waals surface area contributed by atoms with Gasteiger partial charge in [-0.25, -0.2) is 0 Å². The van der Waals surface area contributed by atoms with E-state index >= 15 is 0 Å². The fourth-order valence-corrected chi connectivity index (χ4v) is 1.53. The summed E-state index contributed by atoms with van der Waals surface area (Å²) in [6.45, 7) is 0.366. The standard InChI is InChI=1S/C13H15N3O/c14-8-7-10-1-3-12(4-2-10)16-13(17)9-15-11-5-6-11/h1-4,11,15H,5-7,9H2,(H,16,17). The molecule has 88 valence electrons. The summed E-state index contributed by atoms with van der Waals surface area (Å²) in [5.74, 6) is -0.0232. The molecule has 4 heteroatoms. The molecule has 1 aromatic rings. The molecule has 0 radical (unpaired) electrons. The van der Waals surface area contributed by atoms with Crippen molar-refractivity contribution in [2.75, 3.05) is 11.9 Å². The van der Waals surface area contributed by atoms with Crippen LogP contribution in [0, 0.1) is 11.3 Å². The molecule has 1 aliphatic carbocycles. The third kappa shape index (κ3) is 3.89. The number of amides is 1. The number of nitriles is 1. The van der Waals surface area contributed by atoms with E-state index in [2.05, 4.69) is 16.7 Å². The third-order valence-electron chi connectivity index (χ3n) is 2.65. The fraction of sp³-hybridized carbons (Fsp3) is 0.385. The van der Waals surface area contributed by atoms with Gasteiger partial charge in [0.1, 0.15) is 0 Å². The lowest BCUT2D eigenvalue weighted by Gasteiger charge is -2.06. The van der Waals surface area contributed by atoms with Crippen LogP contribution < -0.4 is 10.6 Å². The predicted octanol–water partition coefficient (Wildman–Crippen LogP) is 1.44. The molecule has 1 aliphatic rings. The lowest BCUT2D eigenvalue weighted by molar-refractivity contribution is -0.115. The lowest BCUT2D eigenvalue weighted by atomic mass is 10.1. The molecular formula is C13H15N3O. The van der Waals surface area contributed by atoms with Crippen LogP contribution in [0.15, 0.2) is 24.3 Å². The Hall–Kier alpha value is -1.86. The molecule has 4 nitrogen and oxygen atoms in total. The minimum atomic E-state index is -0.0232. The van der Waals surface area contributed by atoms with Crippen LogP contribution in [-0.4, -0.2) is 18.5 Å². The lowest BCUT2D eigenvalue weighted by Crippen LogP contribution is -2.29. The third-order valence-corrected chi connectivity index (χ3v) is 2.65. The fourth-order valence-electron chi connectivity index (χ4n) is 1.53. The van der Waals surface area contributed by atoms with E-state index in [1.807, 2.05) is 24.3 Å². The van der Waals surface area contributed by atoms with E-state index in [0.29, 0.717) is 19.0 Å². The quantitative estimate of drug-likeness (QED) is 0.803. The Bertz CT molecular complexity index is 429. The Morgan fingerprint density at radius 1 is 1.35 bits per heavy atom. The van der Waals surface area contributed by atoms with Crippen molar-refractivity contribution < 1.29 is 4.79 Å². The van der Waals surface area contributed by atoms with Gasteiger partial charge in [0, 0.05) is 11.7 Å². The van der Waals surface area contributed by atoms with Gasteiger partial charge >= 0.3 is 0 Å². The van der Waals surface area contributed by atoms with Gasteiger partial charge < -0.3 is 10.6 Å². The highest BCUT2D eigenvalue weighted by Crippen LogP contribution is 2.18. The maximum absolute atomic E-state index is 11.5. The molecule has 1 saturated carbocycles. The van der Waals surface area contributed by atoms with Crippen LogP contribution >= 0.6 is 0 Å². The van der Waals surface area contributed by atoms with Crippen molar-refractivity contribution in [2.24, 2.45) is 0 Å². The van der Waals surface area contributed by atoms with E-state index in [1.54, 1.807) is 0 Å². The van der Waals surface area contributed by atoms with Crippen LogP contribution in [-0.2, 0) is 11.2 Å². The molecule has 1 amide bonds. The number of carbonyl (C=O) groups excluding carboxylic acids is 1. The molecule has 1 aromatic carbocycles. The van der Waals surface area contributed by atoms with Crippen molar-refractivity contribution in [1.29, 1.82) is 5.26 Å². The van der Waals surface area contributed by atoms with Gasteiger partial charge in [-0.3, -0.25) is 4.79 Å². The van der Waals surface area contributed by atoms with Crippen LogP contribution in [0.1, 0.15) is 18.4 Å². The molecule has 0 aromatic heterocycles. The van der Waals surface area contributed by atoms with Gasteiger partial charge in [-0.2, -0.15) is 5.26 Å². The molecular weight excluding hydrogens is 214 g/mol. The van der Waals surface area contributed by atoms with Crippen LogP contribution in [0.25, 0.3) is 0 Å². The predicted molar refractivity (Wildman–Crippen MR) is 65.4 cm³/mol. The summed E-state index contributed by atoms with van der Waals surface area (Å²) in [7, 11) is 0. The van der Waals surface area contributed by atoms with E-state index in [4.69, 9.17) is 5.26 Å². The molecule has 2 rings (SSSR count). The van der Waals surface area contributed by atoms with Crippen LogP contribution in [0.2, 0.25) is 0 Å². The topological polar surface area (TPSA) is 64.9 Å². The van der Waals surface area contributed by atoms with Crippen LogP contribution in [0.3, 0.4) is 0 Å². The van der Waals surface area contributed by atoms with Gasteiger partial charge in [0.2, 0.25) is 5.91 Å². The largest absolute Gasteiger partial charge is 0.325 e. The average molecular weight is 229 g/mol. The first-order chi connectivity index (χ1) is 8.28. The number of nitrogens with one attached hydrogen (secondary N) is 2. The molecule has 17 heavy (non-hydrogen) atoms. The number of rotatable bonds is 5. The van der Waals surface area contributed by atoms with Gasteiger partial charge in [-0.05, 0) is 30.5 Å². The number of nitrogens with zero attached hydrogens (tertiary/aromatic N) is 1. The molecule has 1 fully saturated rings. The van der Waals surface area contributed by atoms with Gasteiger partial charge in [0.05, 0.1) is 19.0 Å². The van der Waals surface area contributed by atoms with Crippen molar-refractivity contribution in [3.63, 3.8) is 0 Å². The molecule has 0 heterocycles. The Morgan fingerprint density at radius 3 is 2.65 bits per heavy atom. The second kappa shape index (κ2) is 5.46. The number of anilines is 1. The van der Waals surface area contributed by atoms with Crippen molar-refractivity contribution in [3.8, 4) is 6.07 Å². The number of hydrogen-bond acceptors (Lipinski definition) is 3. The zero-order chi connectivity index (χ0) is 12.1. The van der Waals surface area contributed by atoms with Crippen LogP contribution in [0.5, 0.6) is 0 Å². The second-order valence-corrected chi connectivity index (χ2v) is 4.24. The monoisotopic (exact) mass is 229 g/mol. The number of carbonyl (C=O) groups is 1. The summed E-state index contributed by atoms with van der Waals surface area (Å²) in [4.78, 5) is 11.5. The maximum atomic E-state index is 11.5. The first-order valence-corrected chi connectivity index (χ1v) is 5.77. The number of benzene rings is 1. The highest BCUT2D eigenvalue weighted by atomic mass is 16.1. The molecule has 0 bridgehead atoms. The minimum Gasteiger partial charge on any atom is -0.325 e. The van der Waals surface area contributed by atoms with Gasteiger partial charge in [-0.1, -0.05) is 12.1 Å². The van der Waals surface area contributed by atoms with E-state index < -0.39 is 0 Å². The Kier molecular flexibility index (Phi) is 3.73. The SMILES string of the molecule is N#CCc1ccc(NC(=O)CNC2CC2)cc1. The molecule has 0 spiro atoms. The minimum absolute atomic E-state index is 0.0232. The Morgan fingerprint density at radius 2 is 2.06 bits per heavy atom. The van der Waals surface area contributed by atoms with E-state index in [-0.39, 0.29) is 5.91 Å². The van der Waals surface area contributed by atoms with Gasteiger partial charge in [0.25, 0.3) is 0 Å². The van der Waals surface area contributed by atoms with Crippen molar-refractivity contribution in [1.82, 2.24) is 5.32 Å². The molecule has 0 atom stereocenters. The molecule has 0 aliphatic heterocycles. The first kappa shape index (κ1) is 11.6. The summed E-state index contributed by atoms with van der Waals surface area (Å²) < 4.78 is 0. The average Bonchev–Trinajstić information content (AvgIpc) is 3.13. The van der Waals surface area contributed by atoms with Crippen molar-refractivity contribution in [2.45, 2.75) is 25.3 Å². The molecule has 2 N–H and O–H groups in total. The zero-order valence-corrected chi connectivity index (χ0v) is 9.57. The smallest absolute Gasteiger partial charge is 0.238 e. The summed E-state index contributed by atoms with van der Waals surface area (Å²) in [5.41, 5.74) is 1.73. The highest BCUT2D eigenvalue weighted by Gasteiger charge is 2.20. The van der Waals surface area contributed by atoms with Crippen LogP contribution in [0.4, 0.5) is 5.69 Å². The summed E-state index contributed by atoms with van der Waals surface area (Å²) in [6, 6.07) is 9.98. The normalized spacial score (nSPS) is 14.1. The first-order valence-electron chi connectivity index (χ1n) is 5.77. The summed E-state index contributed by atoms with van der Waals surface area (Å²) in [5, 5.41) is 14.5. The van der Waals surface area contributed by atoms with E-state index in [1.165, 1.54) is 12.8 Å². The maximum Gasteiger partial charge on any atom is 0.238 e. The second-order valence-electron chi connectivity index (χ2n) is 4.24. The number of hydrogen-bond donors (Lipinski definition) is 2.